The van der Waals surface area contributed by atoms with Gasteiger partial charge < -0.3 is 10.2 Å². The van der Waals surface area contributed by atoms with Crippen molar-refractivity contribution in [2.75, 3.05) is 19.6 Å². The van der Waals surface area contributed by atoms with Crippen LogP contribution in [-0.2, 0) is 0 Å². The molecule has 0 radical (unpaired) electrons. The number of carbonyl (C=O) groups excluding carboxylic acids is 1. The third kappa shape index (κ3) is 3.46. The lowest BCUT2D eigenvalue weighted by molar-refractivity contribution is 0.0388. The Bertz CT molecular complexity index is 622. The molecule has 1 aliphatic carbocycles. The van der Waals surface area contributed by atoms with Gasteiger partial charge in [-0.3, -0.25) is 9.78 Å². The van der Waals surface area contributed by atoms with Gasteiger partial charge in [0.25, 0.3) is 5.91 Å². The maximum Gasteiger partial charge on any atom is 0.255 e. The second-order valence-corrected chi connectivity index (χ2v) is 8.16. The van der Waals surface area contributed by atoms with E-state index in [9.17, 15) is 4.79 Å². The van der Waals surface area contributed by atoms with E-state index in [4.69, 9.17) is 4.98 Å². The summed E-state index contributed by atoms with van der Waals surface area (Å²) in [4.78, 5) is 20.6. The maximum absolute atomic E-state index is 13.5. The molecule has 25 heavy (non-hydrogen) atoms. The molecule has 136 valence electrons. The molecule has 2 atom stereocenters. The van der Waals surface area contributed by atoms with Gasteiger partial charge in [0, 0.05) is 24.2 Å². The van der Waals surface area contributed by atoms with Gasteiger partial charge in [0.05, 0.1) is 11.3 Å². The number of hydrogen-bond acceptors (Lipinski definition) is 3. The molecule has 0 aromatic carbocycles. The summed E-state index contributed by atoms with van der Waals surface area (Å²) in [7, 11) is 0. The van der Waals surface area contributed by atoms with E-state index in [0.29, 0.717) is 12.0 Å². The van der Waals surface area contributed by atoms with Crippen molar-refractivity contribution in [3.05, 3.63) is 29.1 Å². The van der Waals surface area contributed by atoms with E-state index in [2.05, 4.69) is 16.3 Å². The standard InChI is InChI=1S/C21H31N3O/c1-15-8-9-18(20(23-15)17-10-12-22-13-11-17)21(25)24-14-4-6-16-5-2-3-7-19(16)24/h8-9,16-17,19,22H,2-7,10-14H2,1H3. The molecular weight excluding hydrogens is 310 g/mol. The Labute approximate surface area is 151 Å². The van der Waals surface area contributed by atoms with Crippen molar-refractivity contribution in [1.29, 1.82) is 0 Å². The van der Waals surface area contributed by atoms with Gasteiger partial charge in [0.2, 0.25) is 0 Å². The average Bonchev–Trinajstić information content (AvgIpc) is 2.67. The monoisotopic (exact) mass is 341 g/mol. The summed E-state index contributed by atoms with van der Waals surface area (Å²) >= 11 is 0. The summed E-state index contributed by atoms with van der Waals surface area (Å²) in [6.45, 7) is 5.03. The Balaban J connectivity index is 1.62. The van der Waals surface area contributed by atoms with Crippen molar-refractivity contribution in [3.8, 4) is 0 Å². The Morgan fingerprint density at radius 3 is 2.68 bits per heavy atom. The van der Waals surface area contributed by atoms with Gasteiger partial charge >= 0.3 is 0 Å². The number of nitrogens with zero attached hydrogens (tertiary/aromatic N) is 2. The molecule has 0 spiro atoms. The van der Waals surface area contributed by atoms with Gasteiger partial charge in [-0.1, -0.05) is 12.8 Å². The third-order valence-electron chi connectivity index (χ3n) is 6.52. The topological polar surface area (TPSA) is 45.2 Å². The number of likely N-dealkylation sites (tertiary alicyclic amines) is 1. The van der Waals surface area contributed by atoms with E-state index >= 15 is 0 Å². The van der Waals surface area contributed by atoms with Gasteiger partial charge in [0.15, 0.2) is 0 Å². The molecule has 3 aliphatic rings. The van der Waals surface area contributed by atoms with Crippen molar-refractivity contribution in [2.45, 2.75) is 70.3 Å². The Morgan fingerprint density at radius 2 is 1.84 bits per heavy atom. The summed E-state index contributed by atoms with van der Waals surface area (Å²) in [5.41, 5.74) is 2.97. The molecule has 0 bridgehead atoms. The fraction of sp³-hybridized carbons (Fsp3) is 0.714. The highest BCUT2D eigenvalue weighted by atomic mass is 16.2. The number of aryl methyl sites for hydroxylation is 1. The second kappa shape index (κ2) is 7.45. The van der Waals surface area contributed by atoms with E-state index in [1.54, 1.807) is 0 Å². The van der Waals surface area contributed by atoms with Gasteiger partial charge in [-0.05, 0) is 76.6 Å². The first kappa shape index (κ1) is 17.0. The Morgan fingerprint density at radius 1 is 1.08 bits per heavy atom. The molecule has 1 saturated carbocycles. The summed E-state index contributed by atoms with van der Waals surface area (Å²) in [6, 6.07) is 4.53. The largest absolute Gasteiger partial charge is 0.335 e. The fourth-order valence-corrected chi connectivity index (χ4v) is 5.20. The van der Waals surface area contributed by atoms with E-state index in [1.165, 1.54) is 32.1 Å². The minimum absolute atomic E-state index is 0.248. The zero-order valence-corrected chi connectivity index (χ0v) is 15.5. The molecule has 2 unspecified atom stereocenters. The third-order valence-corrected chi connectivity index (χ3v) is 6.52. The number of aromatic nitrogens is 1. The van der Waals surface area contributed by atoms with Crippen molar-refractivity contribution in [3.63, 3.8) is 0 Å². The number of amides is 1. The molecule has 3 heterocycles. The molecular formula is C21H31N3O. The fourth-order valence-electron chi connectivity index (χ4n) is 5.20. The maximum atomic E-state index is 13.5. The molecule has 1 N–H and O–H groups in total. The molecule has 1 aromatic heterocycles. The summed E-state index contributed by atoms with van der Waals surface area (Å²) in [6.07, 6.45) is 9.76. The lowest BCUT2D eigenvalue weighted by Gasteiger charge is -2.44. The zero-order valence-electron chi connectivity index (χ0n) is 15.5. The molecule has 4 heteroatoms. The van der Waals surface area contributed by atoms with Crippen LogP contribution in [0.4, 0.5) is 0 Å². The van der Waals surface area contributed by atoms with Crippen molar-refractivity contribution < 1.29 is 4.79 Å². The highest BCUT2D eigenvalue weighted by Gasteiger charge is 2.37. The number of hydrogen-bond donors (Lipinski definition) is 1. The van der Waals surface area contributed by atoms with Crippen LogP contribution in [0.2, 0.25) is 0 Å². The zero-order chi connectivity index (χ0) is 17.2. The number of nitrogens with one attached hydrogen (secondary N) is 1. The number of fused-ring (bicyclic) bond motifs is 1. The quantitative estimate of drug-likeness (QED) is 0.893. The van der Waals surface area contributed by atoms with Gasteiger partial charge in [-0.15, -0.1) is 0 Å². The smallest absolute Gasteiger partial charge is 0.255 e. The highest BCUT2D eigenvalue weighted by molar-refractivity contribution is 5.95. The highest BCUT2D eigenvalue weighted by Crippen LogP contribution is 2.37. The van der Waals surface area contributed by atoms with Crippen molar-refractivity contribution in [1.82, 2.24) is 15.2 Å². The average molecular weight is 341 g/mol. The molecule has 1 aromatic rings. The second-order valence-electron chi connectivity index (χ2n) is 8.16. The number of piperidine rings is 2. The van der Waals surface area contributed by atoms with Gasteiger partial charge in [-0.25, -0.2) is 0 Å². The van der Waals surface area contributed by atoms with Crippen LogP contribution in [0.15, 0.2) is 12.1 Å². The van der Waals surface area contributed by atoms with E-state index < -0.39 is 0 Å². The number of carbonyl (C=O) groups is 1. The molecule has 3 fully saturated rings. The van der Waals surface area contributed by atoms with Crippen LogP contribution in [0, 0.1) is 12.8 Å². The van der Waals surface area contributed by atoms with Crippen LogP contribution in [0.5, 0.6) is 0 Å². The molecule has 2 aliphatic heterocycles. The number of rotatable bonds is 2. The first-order valence-electron chi connectivity index (χ1n) is 10.2. The van der Waals surface area contributed by atoms with Gasteiger partial charge in [0.1, 0.15) is 0 Å². The normalized spacial score (nSPS) is 27.8. The van der Waals surface area contributed by atoms with Crippen LogP contribution >= 0.6 is 0 Å². The van der Waals surface area contributed by atoms with Crippen LogP contribution < -0.4 is 5.32 Å². The summed E-state index contributed by atoms with van der Waals surface area (Å²) in [5, 5.41) is 3.43. The van der Waals surface area contributed by atoms with Crippen LogP contribution in [-0.4, -0.2) is 41.5 Å². The predicted molar refractivity (Wildman–Crippen MR) is 99.8 cm³/mol. The van der Waals surface area contributed by atoms with Crippen LogP contribution in [0.1, 0.15) is 79.0 Å². The van der Waals surface area contributed by atoms with Crippen LogP contribution in [0.3, 0.4) is 0 Å². The molecule has 4 rings (SSSR count). The van der Waals surface area contributed by atoms with E-state index in [-0.39, 0.29) is 5.91 Å². The Kier molecular flexibility index (Phi) is 5.07. The lowest BCUT2D eigenvalue weighted by Crippen LogP contribution is -2.50. The SMILES string of the molecule is Cc1ccc(C(=O)N2CCCC3CCCCC32)c(C2CCNCC2)n1. The molecule has 2 saturated heterocycles. The summed E-state index contributed by atoms with van der Waals surface area (Å²) in [5.74, 6) is 1.40. The van der Waals surface area contributed by atoms with Crippen molar-refractivity contribution >= 4 is 5.91 Å². The first-order valence-corrected chi connectivity index (χ1v) is 10.2. The predicted octanol–water partition coefficient (Wildman–Crippen LogP) is 3.65. The van der Waals surface area contributed by atoms with Gasteiger partial charge in [-0.2, -0.15) is 0 Å². The molecule has 1 amide bonds. The van der Waals surface area contributed by atoms with Crippen molar-refractivity contribution in [2.24, 2.45) is 5.92 Å². The molecule has 4 nitrogen and oxygen atoms in total. The Hall–Kier alpha value is -1.42. The van der Waals surface area contributed by atoms with E-state index in [1.807, 2.05) is 13.0 Å². The first-order chi connectivity index (χ1) is 12.2. The minimum Gasteiger partial charge on any atom is -0.335 e. The minimum atomic E-state index is 0.248. The lowest BCUT2D eigenvalue weighted by atomic mass is 9.78. The van der Waals surface area contributed by atoms with Crippen LogP contribution in [0.25, 0.3) is 0 Å². The summed E-state index contributed by atoms with van der Waals surface area (Å²) < 4.78 is 0. The number of pyridine rings is 1. The van der Waals surface area contributed by atoms with E-state index in [0.717, 1.165) is 61.8 Å².